The number of methoxy groups -OCH3 is 1. The number of hydrogen-bond donors (Lipinski definition) is 1. The van der Waals surface area contributed by atoms with E-state index in [1.54, 1.807) is 7.11 Å². The van der Waals surface area contributed by atoms with Crippen molar-refractivity contribution in [2.45, 2.75) is 25.8 Å². The van der Waals surface area contributed by atoms with Gasteiger partial charge in [-0.2, -0.15) is 0 Å². The van der Waals surface area contributed by atoms with Crippen LogP contribution in [0, 0.1) is 11.6 Å². The second-order valence-electron chi connectivity index (χ2n) is 5.33. The summed E-state index contributed by atoms with van der Waals surface area (Å²) in [7, 11) is 1.65. The first-order valence-electron chi connectivity index (χ1n) is 7.41. The summed E-state index contributed by atoms with van der Waals surface area (Å²) in [5.41, 5.74) is 1.84. The minimum Gasteiger partial charge on any atom is -0.497 e. The smallest absolute Gasteiger partial charge is 0.126 e. The van der Waals surface area contributed by atoms with Crippen molar-refractivity contribution in [2.24, 2.45) is 0 Å². The van der Waals surface area contributed by atoms with Gasteiger partial charge in [-0.05, 0) is 61.7 Å². The Bertz CT molecular complexity index is 596. The van der Waals surface area contributed by atoms with E-state index in [2.05, 4.69) is 12.2 Å². The molecule has 2 rings (SSSR count). The lowest BCUT2D eigenvalue weighted by atomic mass is 10.1. The zero-order chi connectivity index (χ0) is 15.9. The van der Waals surface area contributed by atoms with Crippen LogP contribution < -0.4 is 10.1 Å². The highest BCUT2D eigenvalue weighted by Gasteiger charge is 2.06. The summed E-state index contributed by atoms with van der Waals surface area (Å²) in [5.74, 6) is -0.207. The third-order valence-electron chi connectivity index (χ3n) is 3.61. The molecule has 4 heteroatoms. The summed E-state index contributed by atoms with van der Waals surface area (Å²) in [4.78, 5) is 0. The molecule has 0 aromatic heterocycles. The molecule has 0 saturated carbocycles. The van der Waals surface area contributed by atoms with Crippen molar-refractivity contribution in [2.75, 3.05) is 13.7 Å². The van der Waals surface area contributed by atoms with E-state index >= 15 is 0 Å². The van der Waals surface area contributed by atoms with Gasteiger partial charge >= 0.3 is 0 Å². The average Bonchev–Trinajstić information content (AvgIpc) is 2.50. The molecule has 118 valence electrons. The van der Waals surface area contributed by atoms with E-state index in [1.165, 1.54) is 12.1 Å². The Hall–Kier alpha value is -1.94. The van der Waals surface area contributed by atoms with Gasteiger partial charge in [-0.25, -0.2) is 8.78 Å². The summed E-state index contributed by atoms with van der Waals surface area (Å²) in [5, 5.41) is 3.41. The number of benzene rings is 2. The average molecular weight is 305 g/mol. The number of hydrogen-bond acceptors (Lipinski definition) is 2. The van der Waals surface area contributed by atoms with Crippen LogP contribution in [0.4, 0.5) is 8.78 Å². The first-order valence-corrected chi connectivity index (χ1v) is 7.41. The van der Waals surface area contributed by atoms with Crippen LogP contribution in [0.1, 0.15) is 30.5 Å². The Balaban J connectivity index is 1.80. The standard InChI is InChI=1S/C18H21F2NO/c1-13(15-6-3-7-18(11-15)22-2)21-8-4-5-14-9-16(19)12-17(20)10-14/h3,6-7,9-13,21H,4-5,8H2,1-2H3/t13-/m1/s1. The molecule has 0 unspecified atom stereocenters. The third kappa shape index (κ3) is 4.81. The Morgan fingerprint density at radius 3 is 2.50 bits per heavy atom. The van der Waals surface area contributed by atoms with Crippen LogP contribution in [0.15, 0.2) is 42.5 Å². The molecule has 0 aliphatic rings. The quantitative estimate of drug-likeness (QED) is 0.772. The molecule has 0 bridgehead atoms. The van der Waals surface area contributed by atoms with Gasteiger partial charge in [0.25, 0.3) is 0 Å². The van der Waals surface area contributed by atoms with E-state index in [4.69, 9.17) is 4.74 Å². The van der Waals surface area contributed by atoms with Crippen molar-refractivity contribution in [3.8, 4) is 5.75 Å². The fraction of sp³-hybridized carbons (Fsp3) is 0.333. The molecule has 0 spiro atoms. The minimum atomic E-state index is -0.521. The Kier molecular flexibility index (Phi) is 5.90. The highest BCUT2D eigenvalue weighted by molar-refractivity contribution is 5.30. The van der Waals surface area contributed by atoms with E-state index in [9.17, 15) is 8.78 Å². The van der Waals surface area contributed by atoms with Crippen LogP contribution in [0.5, 0.6) is 5.75 Å². The molecule has 1 atom stereocenters. The van der Waals surface area contributed by atoms with Crippen molar-refractivity contribution in [1.82, 2.24) is 5.32 Å². The molecule has 0 amide bonds. The molecular formula is C18H21F2NO. The van der Waals surface area contributed by atoms with Gasteiger partial charge in [-0.1, -0.05) is 12.1 Å². The first kappa shape index (κ1) is 16.4. The number of halogens is 2. The lowest BCUT2D eigenvalue weighted by Gasteiger charge is -2.15. The first-order chi connectivity index (χ1) is 10.6. The maximum atomic E-state index is 13.1. The fourth-order valence-corrected chi connectivity index (χ4v) is 2.40. The summed E-state index contributed by atoms with van der Waals surface area (Å²) < 4.78 is 31.4. The fourth-order valence-electron chi connectivity index (χ4n) is 2.40. The molecule has 0 radical (unpaired) electrons. The summed E-state index contributed by atoms with van der Waals surface area (Å²) in [6, 6.07) is 11.8. The van der Waals surface area contributed by atoms with Gasteiger partial charge in [0.05, 0.1) is 7.11 Å². The van der Waals surface area contributed by atoms with Gasteiger partial charge in [-0.15, -0.1) is 0 Å². The maximum Gasteiger partial charge on any atom is 0.126 e. The molecule has 0 aliphatic carbocycles. The Morgan fingerprint density at radius 1 is 1.09 bits per heavy atom. The molecular weight excluding hydrogens is 284 g/mol. The SMILES string of the molecule is COc1cccc([C@@H](C)NCCCc2cc(F)cc(F)c2)c1. The highest BCUT2D eigenvalue weighted by Crippen LogP contribution is 2.18. The predicted molar refractivity (Wildman–Crippen MR) is 84.1 cm³/mol. The molecule has 0 saturated heterocycles. The van der Waals surface area contributed by atoms with Gasteiger partial charge in [0, 0.05) is 12.1 Å². The molecule has 2 aromatic carbocycles. The van der Waals surface area contributed by atoms with E-state index in [0.29, 0.717) is 12.0 Å². The zero-order valence-electron chi connectivity index (χ0n) is 12.9. The summed E-state index contributed by atoms with van der Waals surface area (Å²) in [6.07, 6.45) is 1.46. The summed E-state index contributed by atoms with van der Waals surface area (Å²) in [6.45, 7) is 2.85. The highest BCUT2D eigenvalue weighted by atomic mass is 19.1. The van der Waals surface area contributed by atoms with E-state index < -0.39 is 11.6 Å². The van der Waals surface area contributed by atoms with E-state index in [-0.39, 0.29) is 6.04 Å². The van der Waals surface area contributed by atoms with Crippen LogP contribution in [-0.4, -0.2) is 13.7 Å². The second-order valence-corrected chi connectivity index (χ2v) is 5.33. The van der Waals surface area contributed by atoms with Crippen LogP contribution in [0.25, 0.3) is 0 Å². The van der Waals surface area contributed by atoms with Gasteiger partial charge in [-0.3, -0.25) is 0 Å². The molecule has 1 N–H and O–H groups in total. The Labute approximate surface area is 130 Å². The summed E-state index contributed by atoms with van der Waals surface area (Å²) >= 11 is 0. The van der Waals surface area contributed by atoms with Crippen LogP contribution in [0.2, 0.25) is 0 Å². The van der Waals surface area contributed by atoms with Crippen LogP contribution >= 0.6 is 0 Å². The minimum absolute atomic E-state index is 0.194. The van der Waals surface area contributed by atoms with E-state index in [0.717, 1.165) is 30.3 Å². The monoisotopic (exact) mass is 305 g/mol. The van der Waals surface area contributed by atoms with Crippen LogP contribution in [0.3, 0.4) is 0 Å². The van der Waals surface area contributed by atoms with Gasteiger partial charge in [0.2, 0.25) is 0 Å². The molecule has 22 heavy (non-hydrogen) atoms. The second kappa shape index (κ2) is 7.90. The topological polar surface area (TPSA) is 21.3 Å². The maximum absolute atomic E-state index is 13.1. The number of nitrogens with one attached hydrogen (secondary N) is 1. The lowest BCUT2D eigenvalue weighted by molar-refractivity contribution is 0.413. The van der Waals surface area contributed by atoms with Crippen molar-refractivity contribution < 1.29 is 13.5 Å². The third-order valence-corrected chi connectivity index (χ3v) is 3.61. The van der Waals surface area contributed by atoms with Crippen molar-refractivity contribution in [3.63, 3.8) is 0 Å². The van der Waals surface area contributed by atoms with Crippen molar-refractivity contribution in [3.05, 3.63) is 65.2 Å². The molecule has 0 heterocycles. The number of rotatable bonds is 7. The van der Waals surface area contributed by atoms with Crippen molar-refractivity contribution >= 4 is 0 Å². The van der Waals surface area contributed by atoms with Crippen molar-refractivity contribution in [1.29, 1.82) is 0 Å². The zero-order valence-corrected chi connectivity index (χ0v) is 12.9. The molecule has 2 aromatic rings. The van der Waals surface area contributed by atoms with Gasteiger partial charge < -0.3 is 10.1 Å². The van der Waals surface area contributed by atoms with E-state index in [1.807, 2.05) is 24.3 Å². The Morgan fingerprint density at radius 2 is 1.82 bits per heavy atom. The van der Waals surface area contributed by atoms with Gasteiger partial charge in [0.1, 0.15) is 17.4 Å². The predicted octanol–water partition coefficient (Wildman–Crippen LogP) is 4.26. The molecule has 2 nitrogen and oxygen atoms in total. The van der Waals surface area contributed by atoms with Gasteiger partial charge in [0.15, 0.2) is 0 Å². The van der Waals surface area contributed by atoms with Crippen LogP contribution in [-0.2, 0) is 6.42 Å². The number of ether oxygens (including phenoxy) is 1. The normalized spacial score (nSPS) is 12.2. The number of aryl methyl sites for hydroxylation is 1. The lowest BCUT2D eigenvalue weighted by Crippen LogP contribution is -2.20. The molecule has 0 aliphatic heterocycles. The molecule has 0 fully saturated rings. The largest absolute Gasteiger partial charge is 0.497 e.